The van der Waals surface area contributed by atoms with E-state index in [0.717, 1.165) is 30.8 Å². The highest BCUT2D eigenvalue weighted by Gasteiger charge is 2.16. The van der Waals surface area contributed by atoms with E-state index in [0.29, 0.717) is 5.15 Å². The van der Waals surface area contributed by atoms with Crippen LogP contribution in [0.15, 0.2) is 12.3 Å². The minimum atomic E-state index is 0.275. The number of rotatable bonds is 2. The van der Waals surface area contributed by atoms with Crippen molar-refractivity contribution in [3.05, 3.63) is 23.0 Å². The van der Waals surface area contributed by atoms with Gasteiger partial charge in [0.25, 0.3) is 0 Å². The highest BCUT2D eigenvalue weighted by atomic mass is 35.5. The number of ether oxygens (including phenoxy) is 1. The van der Waals surface area contributed by atoms with Crippen LogP contribution in [0.4, 0.5) is 0 Å². The van der Waals surface area contributed by atoms with Crippen LogP contribution in [0.1, 0.15) is 12.0 Å². The third-order valence-corrected chi connectivity index (χ3v) is 2.70. The molecule has 2 rings (SSSR count). The largest absolute Gasteiger partial charge is 0.487 e. The summed E-state index contributed by atoms with van der Waals surface area (Å²) in [5.41, 5.74) is 0.954. The van der Waals surface area contributed by atoms with Crippen molar-refractivity contribution < 1.29 is 4.74 Å². The minimum Gasteiger partial charge on any atom is -0.487 e. The topological polar surface area (TPSA) is 34.1 Å². The number of nitrogens with one attached hydrogen (secondary N) is 1. The number of hydrogen-bond acceptors (Lipinski definition) is 3. The molecule has 0 bridgehead atoms. The Bertz CT molecular complexity index is 324. The van der Waals surface area contributed by atoms with Gasteiger partial charge < -0.3 is 10.1 Å². The van der Waals surface area contributed by atoms with E-state index in [2.05, 4.69) is 10.3 Å². The van der Waals surface area contributed by atoms with Crippen molar-refractivity contribution in [2.75, 3.05) is 13.1 Å². The Hall–Kier alpha value is -0.800. The van der Waals surface area contributed by atoms with Crippen molar-refractivity contribution in [2.24, 2.45) is 0 Å². The number of hydrogen-bond donors (Lipinski definition) is 1. The first-order valence-electron chi connectivity index (χ1n) is 4.75. The zero-order valence-corrected chi connectivity index (χ0v) is 8.84. The van der Waals surface area contributed by atoms with Gasteiger partial charge in [0.2, 0.25) is 0 Å². The van der Waals surface area contributed by atoms with Crippen LogP contribution in [-0.2, 0) is 0 Å². The maximum Gasteiger partial charge on any atom is 0.138 e. The fraction of sp³-hybridized carbons (Fsp3) is 0.500. The monoisotopic (exact) mass is 212 g/mol. The van der Waals surface area contributed by atoms with Crippen LogP contribution < -0.4 is 10.1 Å². The summed E-state index contributed by atoms with van der Waals surface area (Å²) in [4.78, 5) is 4.04. The molecule has 1 aromatic rings. The highest BCUT2D eigenvalue weighted by molar-refractivity contribution is 6.30. The number of nitrogens with zero attached hydrogens (tertiary/aromatic N) is 1. The summed E-state index contributed by atoms with van der Waals surface area (Å²) in [7, 11) is 0. The van der Waals surface area contributed by atoms with Gasteiger partial charge in [-0.3, -0.25) is 0 Å². The van der Waals surface area contributed by atoms with E-state index in [9.17, 15) is 0 Å². The summed E-state index contributed by atoms with van der Waals surface area (Å²) < 4.78 is 5.73. The smallest absolute Gasteiger partial charge is 0.138 e. The van der Waals surface area contributed by atoms with Crippen LogP contribution >= 0.6 is 11.6 Å². The van der Waals surface area contributed by atoms with Crippen molar-refractivity contribution in [2.45, 2.75) is 19.4 Å². The van der Waals surface area contributed by atoms with Crippen molar-refractivity contribution in [3.63, 3.8) is 0 Å². The zero-order valence-electron chi connectivity index (χ0n) is 8.09. The molecule has 3 nitrogen and oxygen atoms in total. The van der Waals surface area contributed by atoms with Crippen LogP contribution in [0.5, 0.6) is 5.75 Å². The molecule has 1 atom stereocenters. The molecule has 4 heteroatoms. The number of halogens is 1. The van der Waals surface area contributed by atoms with E-state index in [1.54, 1.807) is 6.20 Å². The van der Waals surface area contributed by atoms with Gasteiger partial charge in [-0.25, -0.2) is 4.98 Å². The highest BCUT2D eigenvalue weighted by Crippen LogP contribution is 2.19. The quantitative estimate of drug-likeness (QED) is 0.759. The van der Waals surface area contributed by atoms with E-state index < -0.39 is 0 Å². The molecule has 0 aliphatic carbocycles. The van der Waals surface area contributed by atoms with Gasteiger partial charge in [-0.15, -0.1) is 0 Å². The van der Waals surface area contributed by atoms with E-state index in [1.165, 1.54) is 0 Å². The lowest BCUT2D eigenvalue weighted by Gasteiger charge is -2.12. The maximum absolute atomic E-state index is 5.82. The Labute approximate surface area is 88.4 Å². The molecule has 14 heavy (non-hydrogen) atoms. The molecule has 0 amide bonds. The zero-order chi connectivity index (χ0) is 9.97. The first-order chi connectivity index (χ1) is 6.75. The molecule has 1 aliphatic rings. The minimum absolute atomic E-state index is 0.275. The van der Waals surface area contributed by atoms with Crippen molar-refractivity contribution in [1.29, 1.82) is 0 Å². The van der Waals surface area contributed by atoms with Gasteiger partial charge in [0.15, 0.2) is 0 Å². The van der Waals surface area contributed by atoms with Gasteiger partial charge in [-0.2, -0.15) is 0 Å². The molecule has 0 radical (unpaired) electrons. The molecular formula is C10H13ClN2O. The van der Waals surface area contributed by atoms with Gasteiger partial charge in [0.1, 0.15) is 17.0 Å². The molecule has 76 valence electrons. The van der Waals surface area contributed by atoms with E-state index in [1.807, 2.05) is 13.0 Å². The number of aromatic nitrogens is 1. The summed E-state index contributed by atoms with van der Waals surface area (Å²) in [5, 5.41) is 3.79. The van der Waals surface area contributed by atoms with Crippen LogP contribution in [0.3, 0.4) is 0 Å². The van der Waals surface area contributed by atoms with Gasteiger partial charge in [0.05, 0.1) is 6.20 Å². The molecule has 0 spiro atoms. The maximum atomic E-state index is 5.82. The average molecular weight is 213 g/mol. The molecule has 0 aromatic carbocycles. The van der Waals surface area contributed by atoms with Crippen LogP contribution in [-0.4, -0.2) is 24.2 Å². The molecule has 0 unspecified atom stereocenters. The molecule has 1 fully saturated rings. The first kappa shape index (κ1) is 9.74. The second-order valence-electron chi connectivity index (χ2n) is 3.51. The lowest BCUT2D eigenvalue weighted by Crippen LogP contribution is -2.19. The molecule has 1 saturated heterocycles. The Morgan fingerprint density at radius 3 is 3.14 bits per heavy atom. The number of pyridine rings is 1. The first-order valence-corrected chi connectivity index (χ1v) is 5.13. The summed E-state index contributed by atoms with van der Waals surface area (Å²) in [6, 6.07) is 1.92. The SMILES string of the molecule is Cc1cc(O[C@@H]2CCNC2)cnc1Cl. The molecule has 1 N–H and O–H groups in total. The van der Waals surface area contributed by atoms with E-state index in [4.69, 9.17) is 16.3 Å². The van der Waals surface area contributed by atoms with Gasteiger partial charge in [-0.05, 0) is 31.5 Å². The lowest BCUT2D eigenvalue weighted by molar-refractivity contribution is 0.222. The van der Waals surface area contributed by atoms with Crippen LogP contribution in [0, 0.1) is 6.92 Å². The van der Waals surface area contributed by atoms with E-state index in [-0.39, 0.29) is 6.10 Å². The lowest BCUT2D eigenvalue weighted by atomic mass is 10.3. The van der Waals surface area contributed by atoms with Crippen LogP contribution in [0.2, 0.25) is 5.15 Å². The predicted molar refractivity (Wildman–Crippen MR) is 55.9 cm³/mol. The fourth-order valence-corrected chi connectivity index (χ4v) is 1.62. The Kier molecular flexibility index (Phi) is 2.89. The molecule has 1 aliphatic heterocycles. The van der Waals surface area contributed by atoms with Gasteiger partial charge in [-0.1, -0.05) is 11.6 Å². The Morgan fingerprint density at radius 2 is 2.50 bits per heavy atom. The van der Waals surface area contributed by atoms with Crippen molar-refractivity contribution >= 4 is 11.6 Å². The molecular weight excluding hydrogens is 200 g/mol. The average Bonchev–Trinajstić information content (AvgIpc) is 2.64. The third-order valence-electron chi connectivity index (χ3n) is 2.31. The number of aryl methyl sites for hydroxylation is 1. The second kappa shape index (κ2) is 4.15. The molecule has 1 aromatic heterocycles. The third kappa shape index (κ3) is 2.16. The molecule has 0 saturated carbocycles. The predicted octanol–water partition coefficient (Wildman–Crippen LogP) is 1.78. The summed E-state index contributed by atoms with van der Waals surface area (Å²) >= 11 is 5.82. The second-order valence-corrected chi connectivity index (χ2v) is 3.87. The Balaban J connectivity index is 2.05. The van der Waals surface area contributed by atoms with Crippen LogP contribution in [0.25, 0.3) is 0 Å². The molecule has 2 heterocycles. The summed E-state index contributed by atoms with van der Waals surface area (Å²) in [6.07, 6.45) is 3.01. The van der Waals surface area contributed by atoms with Crippen molar-refractivity contribution in [1.82, 2.24) is 10.3 Å². The van der Waals surface area contributed by atoms with Gasteiger partial charge >= 0.3 is 0 Å². The standard InChI is InChI=1S/C10H13ClN2O/c1-7-4-9(6-13-10(7)11)14-8-2-3-12-5-8/h4,6,8,12H,2-3,5H2,1H3/t8-/m1/s1. The fourth-order valence-electron chi connectivity index (χ4n) is 1.52. The van der Waals surface area contributed by atoms with E-state index >= 15 is 0 Å². The summed E-state index contributed by atoms with van der Waals surface area (Å²) in [5.74, 6) is 0.806. The summed E-state index contributed by atoms with van der Waals surface area (Å²) in [6.45, 7) is 3.88. The van der Waals surface area contributed by atoms with Crippen molar-refractivity contribution in [3.8, 4) is 5.75 Å². The Morgan fingerprint density at radius 1 is 1.64 bits per heavy atom. The normalized spacial score (nSPS) is 21.1. The van der Waals surface area contributed by atoms with Gasteiger partial charge in [0, 0.05) is 6.54 Å².